The molecule has 2 aromatic carbocycles. The molecule has 1 unspecified atom stereocenters. The van der Waals surface area contributed by atoms with Crippen LogP contribution in [0, 0.1) is 5.92 Å². The second-order valence-corrected chi connectivity index (χ2v) is 10.8. The summed E-state index contributed by atoms with van der Waals surface area (Å²) in [6, 6.07) is 19.3. The first-order chi connectivity index (χ1) is 18.2. The molecule has 200 valence electrons. The Bertz CT molecular complexity index is 1270. The summed E-state index contributed by atoms with van der Waals surface area (Å²) >= 11 is 1.93. The molecule has 0 spiro atoms. The van der Waals surface area contributed by atoms with Gasteiger partial charge in [0, 0.05) is 43.7 Å². The number of nitrogens with one attached hydrogen (secondary N) is 1. The van der Waals surface area contributed by atoms with Gasteiger partial charge in [-0.15, -0.1) is 0 Å². The van der Waals surface area contributed by atoms with Gasteiger partial charge in [-0.25, -0.2) is 4.98 Å². The molecule has 0 radical (unpaired) electrons. The van der Waals surface area contributed by atoms with E-state index in [0.29, 0.717) is 23.0 Å². The number of halogens is 3. The van der Waals surface area contributed by atoms with Gasteiger partial charge in [0.05, 0.1) is 17.0 Å². The number of pyridine rings is 1. The number of aromatic nitrogens is 1. The molecule has 1 atom stereocenters. The number of hydrogen-bond donors (Lipinski definition) is 1. The van der Waals surface area contributed by atoms with Gasteiger partial charge in [0.1, 0.15) is 5.82 Å². The zero-order chi connectivity index (χ0) is 27.1. The maximum atomic E-state index is 13.6. The van der Waals surface area contributed by atoms with Gasteiger partial charge in [0.15, 0.2) is 0 Å². The summed E-state index contributed by atoms with van der Waals surface area (Å²) in [5, 5.41) is 3.44. The first kappa shape index (κ1) is 27.8. The fourth-order valence-corrected chi connectivity index (χ4v) is 5.61. The topological polar surface area (TPSA) is 40.5 Å². The molecule has 1 saturated heterocycles. The summed E-state index contributed by atoms with van der Waals surface area (Å²) in [6.45, 7) is 2.06. The molecule has 38 heavy (non-hydrogen) atoms. The lowest BCUT2D eigenvalue weighted by Gasteiger charge is -2.23. The van der Waals surface area contributed by atoms with Crippen LogP contribution >= 0.6 is 11.8 Å². The van der Waals surface area contributed by atoms with E-state index in [9.17, 15) is 13.2 Å². The van der Waals surface area contributed by atoms with Crippen LogP contribution in [0.15, 0.2) is 77.9 Å². The molecule has 3 aromatic rings. The largest absolute Gasteiger partial charge is 0.416 e. The Labute approximate surface area is 227 Å². The molecular formula is C30H33F3N4S. The fourth-order valence-electron chi connectivity index (χ4n) is 4.47. The Kier molecular flexibility index (Phi) is 9.15. The summed E-state index contributed by atoms with van der Waals surface area (Å²) in [6.07, 6.45) is 1.23. The molecule has 1 aromatic heterocycles. The molecular weight excluding hydrogens is 505 g/mol. The first-order valence-corrected chi connectivity index (χ1v) is 13.9. The van der Waals surface area contributed by atoms with Crippen molar-refractivity contribution in [2.24, 2.45) is 10.9 Å². The number of anilines is 1. The van der Waals surface area contributed by atoms with Crippen LogP contribution in [0.5, 0.6) is 0 Å². The number of rotatable bonds is 8. The summed E-state index contributed by atoms with van der Waals surface area (Å²) in [5.41, 5.74) is 2.91. The van der Waals surface area contributed by atoms with Gasteiger partial charge in [-0.05, 0) is 67.0 Å². The van der Waals surface area contributed by atoms with Gasteiger partial charge >= 0.3 is 6.18 Å². The van der Waals surface area contributed by atoms with Gasteiger partial charge in [-0.1, -0.05) is 42.5 Å². The predicted octanol–water partition coefficient (Wildman–Crippen LogP) is 7.87. The lowest BCUT2D eigenvalue weighted by molar-refractivity contribution is -0.137. The standard InChI is InChI=1S/C30H33F3N4S/c1-21(23-8-5-4-6-9-23)36-27-19-25(12-15-34-27)29(37(2)3)28(35-20-22-13-16-38-17-14-22)24-10-7-11-26(18-24)30(31,32)33/h4-12,15,18-22H,13-14,16-17H2,1-3H3,(H,34,36)/b29-28-,35-20?. The van der Waals surface area contributed by atoms with Crippen molar-refractivity contribution in [3.8, 4) is 0 Å². The van der Waals surface area contributed by atoms with E-state index in [1.807, 2.05) is 67.3 Å². The molecule has 1 N–H and O–H groups in total. The van der Waals surface area contributed by atoms with Crippen LogP contribution in [0.1, 0.15) is 48.1 Å². The van der Waals surface area contributed by atoms with E-state index in [4.69, 9.17) is 4.99 Å². The molecule has 1 fully saturated rings. The highest BCUT2D eigenvalue weighted by molar-refractivity contribution is 7.99. The molecule has 1 aliphatic rings. The number of alkyl halides is 3. The molecule has 4 rings (SSSR count). The van der Waals surface area contributed by atoms with Crippen LogP contribution in [0.3, 0.4) is 0 Å². The van der Waals surface area contributed by atoms with Crippen LogP contribution in [-0.2, 0) is 6.18 Å². The van der Waals surface area contributed by atoms with E-state index in [-0.39, 0.29) is 6.04 Å². The summed E-state index contributed by atoms with van der Waals surface area (Å²) < 4.78 is 40.9. The molecule has 0 amide bonds. The van der Waals surface area contributed by atoms with Crippen LogP contribution < -0.4 is 5.32 Å². The van der Waals surface area contributed by atoms with E-state index in [1.54, 1.807) is 12.3 Å². The molecule has 0 bridgehead atoms. The average Bonchev–Trinajstić information content (AvgIpc) is 2.91. The quantitative estimate of drug-likeness (QED) is 0.296. The van der Waals surface area contributed by atoms with Crippen molar-refractivity contribution < 1.29 is 13.2 Å². The lowest BCUT2D eigenvalue weighted by atomic mass is 10.0. The van der Waals surface area contributed by atoms with Gasteiger partial charge in [-0.2, -0.15) is 24.9 Å². The normalized spacial score (nSPS) is 16.3. The van der Waals surface area contributed by atoms with Crippen molar-refractivity contribution in [3.63, 3.8) is 0 Å². The summed E-state index contributed by atoms with van der Waals surface area (Å²) in [7, 11) is 3.77. The highest BCUT2D eigenvalue weighted by Gasteiger charge is 2.31. The van der Waals surface area contributed by atoms with E-state index in [0.717, 1.165) is 47.2 Å². The van der Waals surface area contributed by atoms with Crippen LogP contribution in [0.2, 0.25) is 0 Å². The maximum Gasteiger partial charge on any atom is 0.416 e. The zero-order valence-corrected chi connectivity index (χ0v) is 22.7. The maximum absolute atomic E-state index is 13.6. The first-order valence-electron chi connectivity index (χ1n) is 12.7. The predicted molar refractivity (Wildman–Crippen MR) is 153 cm³/mol. The Hall–Kier alpha value is -3.26. The molecule has 0 aliphatic carbocycles. The molecule has 8 heteroatoms. The third kappa shape index (κ3) is 7.19. The Morgan fingerprint density at radius 3 is 2.45 bits per heavy atom. The van der Waals surface area contributed by atoms with Crippen molar-refractivity contribution in [2.75, 3.05) is 30.9 Å². The van der Waals surface area contributed by atoms with E-state index in [1.165, 1.54) is 12.1 Å². The minimum absolute atomic E-state index is 0.0239. The van der Waals surface area contributed by atoms with Crippen LogP contribution in [0.4, 0.5) is 19.0 Å². The molecule has 4 nitrogen and oxygen atoms in total. The molecule has 2 heterocycles. The molecule has 0 saturated carbocycles. The highest BCUT2D eigenvalue weighted by atomic mass is 32.2. The second-order valence-electron chi connectivity index (χ2n) is 9.60. The van der Waals surface area contributed by atoms with Crippen molar-refractivity contribution in [1.82, 2.24) is 9.88 Å². The average molecular weight is 539 g/mol. The van der Waals surface area contributed by atoms with E-state index in [2.05, 4.69) is 29.4 Å². The third-order valence-electron chi connectivity index (χ3n) is 6.51. The Morgan fingerprint density at radius 2 is 1.76 bits per heavy atom. The van der Waals surface area contributed by atoms with E-state index < -0.39 is 11.7 Å². The third-order valence-corrected chi connectivity index (χ3v) is 7.56. The minimum Gasteiger partial charge on any atom is -0.375 e. The van der Waals surface area contributed by atoms with Gasteiger partial charge in [0.2, 0.25) is 0 Å². The summed E-state index contributed by atoms with van der Waals surface area (Å²) in [4.78, 5) is 11.3. The van der Waals surface area contributed by atoms with Gasteiger partial charge in [-0.3, -0.25) is 4.99 Å². The van der Waals surface area contributed by atoms with Gasteiger partial charge < -0.3 is 10.2 Å². The zero-order valence-electron chi connectivity index (χ0n) is 21.9. The van der Waals surface area contributed by atoms with Crippen molar-refractivity contribution in [1.29, 1.82) is 0 Å². The van der Waals surface area contributed by atoms with Crippen molar-refractivity contribution >= 4 is 35.2 Å². The Balaban J connectivity index is 1.78. The smallest absolute Gasteiger partial charge is 0.375 e. The van der Waals surface area contributed by atoms with Crippen molar-refractivity contribution in [2.45, 2.75) is 32.0 Å². The van der Waals surface area contributed by atoms with E-state index >= 15 is 0 Å². The number of hydrogen-bond acceptors (Lipinski definition) is 5. The molecule has 1 aliphatic heterocycles. The SMILES string of the molecule is CC(Nc1cc(/C(=C(/N=CC2CCSCC2)c2cccc(C(F)(F)F)c2)N(C)C)ccn1)c1ccccc1. The Morgan fingerprint density at radius 1 is 1.03 bits per heavy atom. The van der Waals surface area contributed by atoms with Crippen LogP contribution in [-0.4, -0.2) is 41.7 Å². The van der Waals surface area contributed by atoms with Gasteiger partial charge in [0.25, 0.3) is 0 Å². The fraction of sp³-hybridized carbons (Fsp3) is 0.333. The summed E-state index contributed by atoms with van der Waals surface area (Å²) in [5.74, 6) is 3.12. The second kappa shape index (κ2) is 12.5. The number of nitrogens with zero attached hydrogens (tertiary/aromatic N) is 3. The lowest BCUT2D eigenvalue weighted by Crippen LogP contribution is -2.15. The number of benzene rings is 2. The van der Waals surface area contributed by atoms with Crippen molar-refractivity contribution in [3.05, 3.63) is 95.2 Å². The monoisotopic (exact) mass is 538 g/mol. The van der Waals surface area contributed by atoms with Crippen LogP contribution in [0.25, 0.3) is 11.4 Å². The number of aliphatic imine (C=N–C) groups is 1. The number of thioether (sulfide) groups is 1. The minimum atomic E-state index is -4.44. The highest BCUT2D eigenvalue weighted by Crippen LogP contribution is 2.35.